The topological polar surface area (TPSA) is 123 Å². The SMILES string of the molecule is CC(C)(C)c1[nH]cnc1/C=c1\[nH]c(=O)/c(=C/c2cccc(C(=O)c3cccnc3)c2)[n-]c1=O.[V]. The molecule has 4 aromatic rings. The third-order valence-electron chi connectivity index (χ3n) is 5.01. The Balaban J connectivity index is 0.00000324. The molecule has 0 aliphatic rings. The number of carbonyl (C=O) groups excluding carboxylic acids is 1. The van der Waals surface area contributed by atoms with Gasteiger partial charge in [0.25, 0.3) is 0 Å². The first kappa shape index (κ1) is 24.9. The molecule has 1 radical (unpaired) electrons. The molecule has 0 bridgehead atoms. The fourth-order valence-electron chi connectivity index (χ4n) is 3.40. The molecule has 0 saturated carbocycles. The molecule has 0 amide bonds. The molecule has 0 atom stereocenters. The number of ketones is 1. The van der Waals surface area contributed by atoms with Gasteiger partial charge in [-0.3, -0.25) is 14.6 Å². The molecule has 0 saturated heterocycles. The van der Waals surface area contributed by atoms with E-state index in [1.54, 1.807) is 48.9 Å². The van der Waals surface area contributed by atoms with Gasteiger partial charge >= 0.3 is 0 Å². The van der Waals surface area contributed by atoms with Crippen LogP contribution in [0, 0.1) is 0 Å². The van der Waals surface area contributed by atoms with Crippen molar-refractivity contribution >= 4 is 17.9 Å². The number of carbonyl (C=O) groups is 1. The number of hydrogen-bond donors (Lipinski definition) is 2. The Labute approximate surface area is 206 Å². The molecule has 0 fully saturated rings. The van der Waals surface area contributed by atoms with Crippen LogP contribution in [-0.4, -0.2) is 25.7 Å². The molecule has 3 aromatic heterocycles. The first-order valence-corrected chi connectivity index (χ1v) is 10.3. The first-order chi connectivity index (χ1) is 15.7. The number of pyridine rings is 1. The number of aromatic amines is 2. The zero-order valence-electron chi connectivity index (χ0n) is 18.9. The molecule has 0 aliphatic carbocycles. The van der Waals surface area contributed by atoms with E-state index >= 15 is 0 Å². The van der Waals surface area contributed by atoms with Gasteiger partial charge in [-0.2, -0.15) is 0 Å². The predicted molar refractivity (Wildman–Crippen MR) is 124 cm³/mol. The second-order valence-corrected chi connectivity index (χ2v) is 8.57. The Kier molecular flexibility index (Phi) is 7.34. The van der Waals surface area contributed by atoms with Crippen LogP contribution in [0.2, 0.25) is 0 Å². The standard InChI is InChI=1S/C25H23N5O3.V/c1-25(2,3)22-18(27-14-28-22)12-20-24(33)29-19(23(32)30-20)11-15-6-4-7-16(10-15)21(31)17-8-5-9-26-13-17;/h4-14H,1-3H3,(H3,27,28,29,30,32,33);/p-1/b19-11-;. The monoisotopic (exact) mass is 491 g/mol. The van der Waals surface area contributed by atoms with Gasteiger partial charge in [-0.1, -0.05) is 50.4 Å². The van der Waals surface area contributed by atoms with Crippen molar-refractivity contribution in [3.8, 4) is 0 Å². The van der Waals surface area contributed by atoms with Crippen molar-refractivity contribution in [3.05, 3.63) is 115 Å². The minimum absolute atomic E-state index is 0. The van der Waals surface area contributed by atoms with Crippen LogP contribution in [0.25, 0.3) is 12.2 Å². The van der Waals surface area contributed by atoms with Crippen molar-refractivity contribution in [3.63, 3.8) is 0 Å². The van der Waals surface area contributed by atoms with E-state index in [1.165, 1.54) is 18.3 Å². The van der Waals surface area contributed by atoms with E-state index < -0.39 is 11.1 Å². The fourth-order valence-corrected chi connectivity index (χ4v) is 3.40. The second kappa shape index (κ2) is 10.0. The van der Waals surface area contributed by atoms with Crippen LogP contribution < -0.4 is 26.8 Å². The van der Waals surface area contributed by atoms with E-state index in [0.29, 0.717) is 22.4 Å². The number of nitrogens with zero attached hydrogens (tertiary/aromatic N) is 3. The maximum Gasteiger partial charge on any atom is 0.233 e. The van der Waals surface area contributed by atoms with Crippen molar-refractivity contribution in [2.45, 2.75) is 26.2 Å². The van der Waals surface area contributed by atoms with Gasteiger partial charge in [-0.05, 0) is 29.8 Å². The summed E-state index contributed by atoms with van der Waals surface area (Å²) >= 11 is 0. The summed E-state index contributed by atoms with van der Waals surface area (Å²) in [6, 6.07) is 10.1. The average molecular weight is 491 g/mol. The number of imidazole rings is 1. The molecule has 4 rings (SSSR count). The van der Waals surface area contributed by atoms with Gasteiger partial charge in [0, 0.05) is 53.2 Å². The molecule has 0 unspecified atom stereocenters. The Morgan fingerprint density at radius 1 is 1.06 bits per heavy atom. The minimum Gasteiger partial charge on any atom is -0.617 e. The quantitative estimate of drug-likeness (QED) is 0.411. The van der Waals surface area contributed by atoms with E-state index in [-0.39, 0.29) is 40.5 Å². The first-order valence-electron chi connectivity index (χ1n) is 10.3. The molecular formula is C25H22N5O3V-. The van der Waals surface area contributed by atoms with Crippen molar-refractivity contribution < 1.29 is 23.4 Å². The van der Waals surface area contributed by atoms with Crippen LogP contribution in [0.1, 0.15) is 53.6 Å². The maximum absolute atomic E-state index is 12.7. The predicted octanol–water partition coefficient (Wildman–Crippen LogP) is 0.994. The third kappa shape index (κ3) is 5.42. The summed E-state index contributed by atoms with van der Waals surface area (Å²) in [5.74, 6) is -0.191. The zero-order chi connectivity index (χ0) is 23.6. The van der Waals surface area contributed by atoms with Gasteiger partial charge in [-0.15, -0.1) is 0 Å². The Morgan fingerprint density at radius 3 is 2.53 bits per heavy atom. The van der Waals surface area contributed by atoms with Crippen LogP contribution in [0.15, 0.2) is 64.7 Å². The number of hydrogen-bond acceptors (Lipinski definition) is 5. The Morgan fingerprint density at radius 2 is 1.82 bits per heavy atom. The average Bonchev–Trinajstić information content (AvgIpc) is 3.26. The van der Waals surface area contributed by atoms with E-state index in [1.807, 2.05) is 20.8 Å². The normalized spacial score (nSPS) is 12.4. The molecule has 9 heteroatoms. The summed E-state index contributed by atoms with van der Waals surface area (Å²) in [5.41, 5.74) is 1.56. The number of rotatable bonds is 4. The molecule has 8 nitrogen and oxygen atoms in total. The minimum atomic E-state index is -0.577. The number of nitrogens with one attached hydrogen (secondary N) is 2. The van der Waals surface area contributed by atoms with Crippen LogP contribution >= 0.6 is 0 Å². The number of H-pyrrole nitrogens is 2. The third-order valence-corrected chi connectivity index (χ3v) is 5.01. The largest absolute Gasteiger partial charge is 0.617 e. The number of benzene rings is 1. The number of aromatic nitrogens is 5. The van der Waals surface area contributed by atoms with E-state index in [4.69, 9.17) is 0 Å². The molecule has 2 N–H and O–H groups in total. The van der Waals surface area contributed by atoms with Crippen LogP contribution in [-0.2, 0) is 24.0 Å². The van der Waals surface area contributed by atoms with Gasteiger partial charge < -0.3 is 19.7 Å². The summed E-state index contributed by atoms with van der Waals surface area (Å²) in [4.78, 5) is 55.7. The van der Waals surface area contributed by atoms with E-state index in [2.05, 4.69) is 24.9 Å². The van der Waals surface area contributed by atoms with Crippen LogP contribution in [0.3, 0.4) is 0 Å². The Hall–Kier alpha value is -3.75. The van der Waals surface area contributed by atoms with Gasteiger partial charge in [0.05, 0.1) is 17.4 Å². The van der Waals surface area contributed by atoms with Crippen molar-refractivity contribution in [2.75, 3.05) is 0 Å². The van der Waals surface area contributed by atoms with Gasteiger partial charge in [0.15, 0.2) is 5.78 Å². The molecule has 0 spiro atoms. The fraction of sp³-hybridized carbons (Fsp3) is 0.160. The summed E-state index contributed by atoms with van der Waals surface area (Å²) in [5, 5.41) is 0.0106. The summed E-state index contributed by atoms with van der Waals surface area (Å²) in [6.07, 6.45) is 7.62. The molecule has 0 aliphatic heterocycles. The summed E-state index contributed by atoms with van der Waals surface area (Å²) < 4.78 is 0. The van der Waals surface area contributed by atoms with Crippen molar-refractivity contribution in [2.24, 2.45) is 0 Å². The molecular weight excluding hydrogens is 469 g/mol. The molecule has 171 valence electrons. The second-order valence-electron chi connectivity index (χ2n) is 8.57. The Bertz CT molecular complexity index is 1560. The van der Waals surface area contributed by atoms with Crippen LogP contribution in [0.5, 0.6) is 0 Å². The van der Waals surface area contributed by atoms with Crippen molar-refractivity contribution in [1.82, 2.24) is 24.9 Å². The molecule has 3 heterocycles. The van der Waals surface area contributed by atoms with Crippen molar-refractivity contribution in [1.29, 1.82) is 0 Å². The zero-order valence-corrected chi connectivity index (χ0v) is 20.3. The van der Waals surface area contributed by atoms with Gasteiger partial charge in [-0.25, -0.2) is 4.98 Å². The van der Waals surface area contributed by atoms with E-state index in [0.717, 1.165) is 5.69 Å². The molecule has 34 heavy (non-hydrogen) atoms. The molecule has 1 aromatic carbocycles. The summed E-state index contributed by atoms with van der Waals surface area (Å²) in [7, 11) is 0. The van der Waals surface area contributed by atoms with Gasteiger partial charge in [0.1, 0.15) is 5.56 Å². The summed E-state index contributed by atoms with van der Waals surface area (Å²) in [6.45, 7) is 6.05. The van der Waals surface area contributed by atoms with Gasteiger partial charge in [0.2, 0.25) is 5.56 Å². The smallest absolute Gasteiger partial charge is 0.233 e. The van der Waals surface area contributed by atoms with E-state index in [9.17, 15) is 14.4 Å². The van der Waals surface area contributed by atoms with Crippen LogP contribution in [0.4, 0.5) is 0 Å². The maximum atomic E-state index is 12.7.